The van der Waals surface area contributed by atoms with Gasteiger partial charge < -0.3 is 11.1 Å². The van der Waals surface area contributed by atoms with Crippen LogP contribution in [0.2, 0.25) is 5.15 Å². The van der Waals surface area contributed by atoms with E-state index in [2.05, 4.69) is 15.3 Å². The number of nitrogens with one attached hydrogen (secondary N) is 1. The topological polar surface area (TPSA) is 80.9 Å². The predicted octanol–water partition coefficient (Wildman–Crippen LogP) is 2.16. The highest BCUT2D eigenvalue weighted by atomic mass is 35.5. The van der Waals surface area contributed by atoms with Crippen molar-refractivity contribution in [3.63, 3.8) is 0 Å². The smallest absolute Gasteiger partial charge is 0.227 e. The molecule has 0 aliphatic carbocycles. The molecule has 0 saturated heterocycles. The molecule has 0 saturated carbocycles. The summed E-state index contributed by atoms with van der Waals surface area (Å²) in [5.74, 6) is 0.149. The van der Waals surface area contributed by atoms with Crippen LogP contribution in [0.4, 0.5) is 5.82 Å². The van der Waals surface area contributed by atoms with Gasteiger partial charge in [-0.25, -0.2) is 9.97 Å². The lowest BCUT2D eigenvalue weighted by Crippen LogP contribution is -2.21. The van der Waals surface area contributed by atoms with Crippen LogP contribution in [0.25, 0.3) is 0 Å². The first-order valence-corrected chi connectivity index (χ1v) is 6.11. The van der Waals surface area contributed by atoms with E-state index in [9.17, 15) is 4.79 Å². The second kappa shape index (κ2) is 6.26. The zero-order chi connectivity index (χ0) is 13.7. The summed E-state index contributed by atoms with van der Waals surface area (Å²) in [6.45, 7) is 0. The second-order valence-corrected chi connectivity index (χ2v) is 4.38. The van der Waals surface area contributed by atoms with Gasteiger partial charge in [-0.1, -0.05) is 41.9 Å². The van der Waals surface area contributed by atoms with Crippen molar-refractivity contribution < 1.29 is 4.79 Å². The van der Waals surface area contributed by atoms with Crippen LogP contribution < -0.4 is 11.1 Å². The van der Waals surface area contributed by atoms with E-state index in [-0.39, 0.29) is 23.5 Å². The van der Waals surface area contributed by atoms with Crippen LogP contribution in [-0.2, 0) is 4.79 Å². The highest BCUT2D eigenvalue weighted by Crippen LogP contribution is 2.15. The van der Waals surface area contributed by atoms with Gasteiger partial charge in [0.25, 0.3) is 0 Å². The number of carbonyl (C=O) groups is 1. The van der Waals surface area contributed by atoms with E-state index in [0.29, 0.717) is 5.82 Å². The van der Waals surface area contributed by atoms with Gasteiger partial charge in [-0.2, -0.15) is 0 Å². The average molecular weight is 277 g/mol. The number of rotatable bonds is 4. The van der Waals surface area contributed by atoms with Crippen molar-refractivity contribution in [2.24, 2.45) is 5.73 Å². The van der Waals surface area contributed by atoms with Gasteiger partial charge >= 0.3 is 0 Å². The van der Waals surface area contributed by atoms with Crippen molar-refractivity contribution in [3.8, 4) is 0 Å². The highest BCUT2D eigenvalue weighted by Gasteiger charge is 2.12. The van der Waals surface area contributed by atoms with Crippen LogP contribution in [0, 0.1) is 0 Å². The standard InChI is InChI=1S/C13H13ClN4O/c14-11-7-12(17-8-16-11)18-13(19)6-10(15)9-4-2-1-3-5-9/h1-5,7-8,10H,6,15H2,(H,16,17,18,19). The molecule has 98 valence electrons. The molecule has 2 rings (SSSR count). The van der Waals surface area contributed by atoms with E-state index < -0.39 is 0 Å². The molecule has 0 aliphatic rings. The lowest BCUT2D eigenvalue weighted by atomic mass is 10.0. The Labute approximate surface area is 115 Å². The summed E-state index contributed by atoms with van der Waals surface area (Å²) in [5, 5.41) is 2.90. The van der Waals surface area contributed by atoms with E-state index >= 15 is 0 Å². The minimum Gasteiger partial charge on any atom is -0.324 e. The maximum atomic E-state index is 11.8. The molecule has 3 N–H and O–H groups in total. The van der Waals surface area contributed by atoms with Crippen molar-refractivity contribution in [1.82, 2.24) is 9.97 Å². The minimum atomic E-state index is -0.349. The van der Waals surface area contributed by atoms with Gasteiger partial charge in [-0.15, -0.1) is 0 Å². The monoisotopic (exact) mass is 276 g/mol. The summed E-state index contributed by atoms with van der Waals surface area (Å²) in [5.41, 5.74) is 6.87. The van der Waals surface area contributed by atoms with Crippen molar-refractivity contribution in [3.05, 3.63) is 53.4 Å². The molecule has 0 radical (unpaired) electrons. The van der Waals surface area contributed by atoms with Gasteiger partial charge in [0.05, 0.1) is 0 Å². The molecular weight excluding hydrogens is 264 g/mol. The summed E-state index contributed by atoms with van der Waals surface area (Å²) >= 11 is 5.70. The molecule has 1 atom stereocenters. The number of anilines is 1. The molecule has 6 heteroatoms. The zero-order valence-electron chi connectivity index (χ0n) is 10.1. The minimum absolute atomic E-state index is 0.172. The van der Waals surface area contributed by atoms with E-state index in [0.717, 1.165) is 5.56 Å². The molecule has 1 heterocycles. The Kier molecular flexibility index (Phi) is 4.43. The number of aromatic nitrogens is 2. The summed E-state index contributed by atoms with van der Waals surface area (Å²) < 4.78 is 0. The SMILES string of the molecule is NC(CC(=O)Nc1cc(Cl)ncn1)c1ccccc1. The first-order valence-electron chi connectivity index (χ1n) is 5.73. The van der Waals surface area contributed by atoms with Crippen molar-refractivity contribution in [2.45, 2.75) is 12.5 Å². The number of nitrogens with two attached hydrogens (primary N) is 1. The number of amides is 1. The Hall–Kier alpha value is -1.98. The van der Waals surface area contributed by atoms with Crippen LogP contribution in [0.5, 0.6) is 0 Å². The van der Waals surface area contributed by atoms with Crippen LogP contribution in [0.15, 0.2) is 42.7 Å². The lowest BCUT2D eigenvalue weighted by Gasteiger charge is -2.11. The van der Waals surface area contributed by atoms with Crippen molar-refractivity contribution >= 4 is 23.3 Å². The predicted molar refractivity (Wildman–Crippen MR) is 73.7 cm³/mol. The summed E-state index contributed by atoms with van der Waals surface area (Å²) in [4.78, 5) is 19.4. The van der Waals surface area contributed by atoms with E-state index in [1.54, 1.807) is 0 Å². The molecule has 19 heavy (non-hydrogen) atoms. The Bertz CT molecular complexity index is 562. The number of hydrogen-bond acceptors (Lipinski definition) is 4. The van der Waals surface area contributed by atoms with Gasteiger partial charge in [-0.05, 0) is 5.56 Å². The van der Waals surface area contributed by atoms with E-state index in [1.165, 1.54) is 12.4 Å². The number of nitrogens with zero attached hydrogens (tertiary/aromatic N) is 2. The maximum absolute atomic E-state index is 11.8. The molecule has 0 aliphatic heterocycles. The molecule has 5 nitrogen and oxygen atoms in total. The Balaban J connectivity index is 1.95. The van der Waals surface area contributed by atoms with Gasteiger partial charge in [0.15, 0.2) is 0 Å². The Morgan fingerprint density at radius 2 is 2.05 bits per heavy atom. The molecule has 2 aromatic rings. The molecule has 1 unspecified atom stereocenters. The quantitative estimate of drug-likeness (QED) is 0.839. The summed E-state index contributed by atoms with van der Waals surface area (Å²) in [7, 11) is 0. The van der Waals surface area contributed by atoms with Crippen LogP contribution >= 0.6 is 11.6 Å². The molecule has 1 aromatic heterocycles. The molecule has 0 fully saturated rings. The Morgan fingerprint density at radius 3 is 2.74 bits per heavy atom. The van der Waals surface area contributed by atoms with Crippen molar-refractivity contribution in [2.75, 3.05) is 5.32 Å². The molecule has 1 aromatic carbocycles. The fourth-order valence-electron chi connectivity index (χ4n) is 1.61. The molecular formula is C13H13ClN4O. The fraction of sp³-hybridized carbons (Fsp3) is 0.154. The van der Waals surface area contributed by atoms with Crippen LogP contribution in [-0.4, -0.2) is 15.9 Å². The van der Waals surface area contributed by atoms with Gasteiger partial charge in [-0.3, -0.25) is 4.79 Å². The van der Waals surface area contributed by atoms with Crippen LogP contribution in [0.1, 0.15) is 18.0 Å². The van der Waals surface area contributed by atoms with Crippen molar-refractivity contribution in [1.29, 1.82) is 0 Å². The van der Waals surface area contributed by atoms with Gasteiger partial charge in [0.2, 0.25) is 5.91 Å². The maximum Gasteiger partial charge on any atom is 0.227 e. The van der Waals surface area contributed by atoms with Gasteiger partial charge in [0.1, 0.15) is 17.3 Å². The number of carbonyl (C=O) groups excluding carboxylic acids is 1. The second-order valence-electron chi connectivity index (χ2n) is 4.00. The molecule has 0 spiro atoms. The van der Waals surface area contributed by atoms with Gasteiger partial charge in [0, 0.05) is 18.5 Å². The highest BCUT2D eigenvalue weighted by molar-refractivity contribution is 6.29. The summed E-state index contributed by atoms with van der Waals surface area (Å²) in [6.07, 6.45) is 1.46. The number of hydrogen-bond donors (Lipinski definition) is 2. The third-order valence-electron chi connectivity index (χ3n) is 2.53. The first kappa shape index (κ1) is 13.5. The fourth-order valence-corrected chi connectivity index (χ4v) is 1.76. The first-order chi connectivity index (χ1) is 9.15. The molecule has 1 amide bonds. The van der Waals surface area contributed by atoms with E-state index in [4.69, 9.17) is 17.3 Å². The summed E-state index contributed by atoms with van der Waals surface area (Å²) in [6, 6.07) is 10.6. The lowest BCUT2D eigenvalue weighted by molar-refractivity contribution is -0.116. The third kappa shape index (κ3) is 4.01. The zero-order valence-corrected chi connectivity index (χ0v) is 10.8. The largest absolute Gasteiger partial charge is 0.324 e. The number of halogens is 1. The molecule has 0 bridgehead atoms. The van der Waals surface area contributed by atoms with Crippen LogP contribution in [0.3, 0.4) is 0 Å². The third-order valence-corrected chi connectivity index (χ3v) is 2.74. The number of benzene rings is 1. The normalized spacial score (nSPS) is 11.9. The Morgan fingerprint density at radius 1 is 1.32 bits per heavy atom. The van der Waals surface area contributed by atoms with E-state index in [1.807, 2.05) is 30.3 Å². The average Bonchev–Trinajstić information content (AvgIpc) is 2.39.